The minimum Gasteiger partial charge on any atom is -0.396 e. The van der Waals surface area contributed by atoms with Crippen molar-refractivity contribution in [1.29, 1.82) is 0 Å². The first-order valence-corrected chi connectivity index (χ1v) is 6.00. The molecular weight excluding hydrogens is 234 g/mol. The van der Waals surface area contributed by atoms with E-state index >= 15 is 0 Å². The number of pyridine rings is 1. The fourth-order valence-electron chi connectivity index (χ4n) is 1.56. The minimum absolute atomic E-state index is 0.0798. The number of aryl methyl sites for hydroxylation is 1. The third-order valence-corrected chi connectivity index (χ3v) is 2.76. The monoisotopic (exact) mass is 253 g/mol. The van der Waals surface area contributed by atoms with Crippen LogP contribution in [0.1, 0.15) is 25.3 Å². The largest absolute Gasteiger partial charge is 0.396 e. The van der Waals surface area contributed by atoms with Crippen molar-refractivity contribution in [3.8, 4) is 0 Å². The van der Waals surface area contributed by atoms with Crippen LogP contribution < -0.4 is 5.32 Å². The SMILES string of the molecule is Cc1cnc(NCCCC(C)CO)cc1[N+](=O)[O-]. The molecule has 0 aliphatic heterocycles. The van der Waals surface area contributed by atoms with E-state index in [0.29, 0.717) is 17.9 Å². The Balaban J connectivity index is 2.48. The lowest BCUT2D eigenvalue weighted by molar-refractivity contribution is -0.385. The molecule has 0 aliphatic carbocycles. The van der Waals surface area contributed by atoms with Crippen molar-refractivity contribution < 1.29 is 10.0 Å². The van der Waals surface area contributed by atoms with Crippen LogP contribution in [0.2, 0.25) is 0 Å². The second-order valence-electron chi connectivity index (χ2n) is 4.47. The number of aromatic nitrogens is 1. The predicted octanol–water partition coefficient (Wildman–Crippen LogP) is 2.12. The molecule has 6 heteroatoms. The predicted molar refractivity (Wildman–Crippen MR) is 69.6 cm³/mol. The Hall–Kier alpha value is -1.69. The van der Waals surface area contributed by atoms with Crippen LogP contribution in [0.25, 0.3) is 0 Å². The number of nitrogens with one attached hydrogen (secondary N) is 1. The molecule has 1 aromatic heterocycles. The quantitative estimate of drug-likeness (QED) is 0.441. The van der Waals surface area contributed by atoms with Gasteiger partial charge in [0.1, 0.15) is 5.82 Å². The second-order valence-corrected chi connectivity index (χ2v) is 4.47. The van der Waals surface area contributed by atoms with E-state index in [4.69, 9.17) is 5.11 Å². The summed E-state index contributed by atoms with van der Waals surface area (Å²) in [4.78, 5) is 14.4. The molecule has 0 aliphatic rings. The van der Waals surface area contributed by atoms with Gasteiger partial charge in [0.05, 0.1) is 11.0 Å². The molecule has 1 unspecified atom stereocenters. The number of aliphatic hydroxyl groups excluding tert-OH is 1. The molecule has 1 rings (SSSR count). The Morgan fingerprint density at radius 1 is 1.61 bits per heavy atom. The smallest absolute Gasteiger partial charge is 0.277 e. The van der Waals surface area contributed by atoms with E-state index < -0.39 is 4.92 Å². The van der Waals surface area contributed by atoms with Gasteiger partial charge in [-0.05, 0) is 25.7 Å². The fourth-order valence-corrected chi connectivity index (χ4v) is 1.56. The summed E-state index contributed by atoms with van der Waals surface area (Å²) in [5.41, 5.74) is 0.635. The molecule has 2 N–H and O–H groups in total. The zero-order valence-corrected chi connectivity index (χ0v) is 10.7. The van der Waals surface area contributed by atoms with E-state index in [0.717, 1.165) is 12.8 Å². The minimum atomic E-state index is -0.407. The lowest BCUT2D eigenvalue weighted by atomic mass is 10.1. The second kappa shape index (κ2) is 6.90. The lowest BCUT2D eigenvalue weighted by Gasteiger charge is -2.09. The summed E-state index contributed by atoms with van der Waals surface area (Å²) in [6, 6.07) is 1.45. The molecule has 18 heavy (non-hydrogen) atoms. The van der Waals surface area contributed by atoms with Crippen LogP contribution in [0, 0.1) is 23.0 Å². The number of nitrogens with zero attached hydrogens (tertiary/aromatic N) is 2. The molecule has 0 saturated heterocycles. The third-order valence-electron chi connectivity index (χ3n) is 2.76. The number of rotatable bonds is 7. The van der Waals surface area contributed by atoms with E-state index in [1.165, 1.54) is 12.3 Å². The Morgan fingerprint density at radius 3 is 2.94 bits per heavy atom. The summed E-state index contributed by atoms with van der Waals surface area (Å²) < 4.78 is 0. The summed E-state index contributed by atoms with van der Waals surface area (Å²) in [5.74, 6) is 0.802. The maximum Gasteiger partial charge on any atom is 0.277 e. The van der Waals surface area contributed by atoms with E-state index in [9.17, 15) is 10.1 Å². The normalized spacial score (nSPS) is 12.2. The molecule has 1 atom stereocenters. The summed E-state index contributed by atoms with van der Waals surface area (Å²) in [6.07, 6.45) is 3.30. The molecule has 0 radical (unpaired) electrons. The molecule has 1 heterocycles. The summed E-state index contributed by atoms with van der Waals surface area (Å²) in [6.45, 7) is 4.53. The fraction of sp³-hybridized carbons (Fsp3) is 0.583. The van der Waals surface area contributed by atoms with Gasteiger partial charge in [0.2, 0.25) is 0 Å². The molecule has 100 valence electrons. The van der Waals surface area contributed by atoms with Gasteiger partial charge < -0.3 is 10.4 Å². The van der Waals surface area contributed by atoms with Gasteiger partial charge in [0, 0.05) is 24.9 Å². The van der Waals surface area contributed by atoms with Crippen molar-refractivity contribution in [1.82, 2.24) is 4.98 Å². The highest BCUT2D eigenvalue weighted by atomic mass is 16.6. The van der Waals surface area contributed by atoms with Crippen LogP contribution in [-0.4, -0.2) is 28.2 Å². The van der Waals surface area contributed by atoms with Gasteiger partial charge in [-0.1, -0.05) is 6.92 Å². The van der Waals surface area contributed by atoms with E-state index in [1.807, 2.05) is 6.92 Å². The average Bonchev–Trinajstić information content (AvgIpc) is 2.35. The highest BCUT2D eigenvalue weighted by Crippen LogP contribution is 2.19. The topological polar surface area (TPSA) is 88.3 Å². The van der Waals surface area contributed by atoms with E-state index in [-0.39, 0.29) is 18.2 Å². The van der Waals surface area contributed by atoms with Crippen molar-refractivity contribution in [2.75, 3.05) is 18.5 Å². The zero-order valence-electron chi connectivity index (χ0n) is 10.7. The zero-order chi connectivity index (χ0) is 13.5. The first-order chi connectivity index (χ1) is 8.54. The maximum atomic E-state index is 10.8. The summed E-state index contributed by atoms with van der Waals surface area (Å²) >= 11 is 0. The third kappa shape index (κ3) is 4.29. The van der Waals surface area contributed by atoms with Crippen molar-refractivity contribution in [2.45, 2.75) is 26.7 Å². The van der Waals surface area contributed by atoms with Gasteiger partial charge in [-0.15, -0.1) is 0 Å². The Morgan fingerprint density at radius 2 is 2.33 bits per heavy atom. The van der Waals surface area contributed by atoms with Gasteiger partial charge in [-0.3, -0.25) is 10.1 Å². The number of hydrogen-bond acceptors (Lipinski definition) is 5. The van der Waals surface area contributed by atoms with E-state index in [1.54, 1.807) is 6.92 Å². The van der Waals surface area contributed by atoms with E-state index in [2.05, 4.69) is 10.3 Å². The van der Waals surface area contributed by atoms with Crippen LogP contribution in [0.15, 0.2) is 12.3 Å². The molecular formula is C12H19N3O3. The molecule has 0 spiro atoms. The van der Waals surface area contributed by atoms with Gasteiger partial charge in [0.25, 0.3) is 5.69 Å². The van der Waals surface area contributed by atoms with Crippen molar-refractivity contribution in [3.63, 3.8) is 0 Å². The number of aliphatic hydroxyl groups is 1. The van der Waals surface area contributed by atoms with Crippen molar-refractivity contribution >= 4 is 11.5 Å². The van der Waals surface area contributed by atoms with Crippen LogP contribution in [0.5, 0.6) is 0 Å². The van der Waals surface area contributed by atoms with Crippen molar-refractivity contribution in [3.05, 3.63) is 27.9 Å². The van der Waals surface area contributed by atoms with Gasteiger partial charge in [-0.25, -0.2) is 4.98 Å². The highest BCUT2D eigenvalue weighted by molar-refractivity contribution is 5.48. The first kappa shape index (κ1) is 14.4. The molecule has 0 aromatic carbocycles. The molecule has 1 aromatic rings. The van der Waals surface area contributed by atoms with Crippen LogP contribution in [-0.2, 0) is 0 Å². The Bertz CT molecular complexity index is 410. The Kier molecular flexibility index (Phi) is 5.51. The van der Waals surface area contributed by atoms with Crippen LogP contribution in [0.4, 0.5) is 11.5 Å². The molecule has 0 saturated carbocycles. The molecule has 0 bridgehead atoms. The number of nitro groups is 1. The first-order valence-electron chi connectivity index (χ1n) is 6.00. The van der Waals surface area contributed by atoms with Crippen LogP contribution >= 0.6 is 0 Å². The average molecular weight is 253 g/mol. The van der Waals surface area contributed by atoms with Crippen molar-refractivity contribution in [2.24, 2.45) is 5.92 Å². The highest BCUT2D eigenvalue weighted by Gasteiger charge is 2.11. The van der Waals surface area contributed by atoms with Gasteiger partial charge in [-0.2, -0.15) is 0 Å². The summed E-state index contributed by atoms with van der Waals surface area (Å²) in [5, 5.41) is 22.7. The van der Waals surface area contributed by atoms with Gasteiger partial charge >= 0.3 is 0 Å². The molecule has 0 amide bonds. The molecule has 6 nitrogen and oxygen atoms in total. The van der Waals surface area contributed by atoms with Gasteiger partial charge in [0.15, 0.2) is 0 Å². The maximum absolute atomic E-state index is 10.8. The Labute approximate surface area is 106 Å². The number of hydrogen-bond donors (Lipinski definition) is 2. The lowest BCUT2D eigenvalue weighted by Crippen LogP contribution is -2.08. The van der Waals surface area contributed by atoms with Crippen LogP contribution in [0.3, 0.4) is 0 Å². The summed E-state index contributed by atoms with van der Waals surface area (Å²) in [7, 11) is 0. The number of anilines is 1. The molecule has 0 fully saturated rings. The standard InChI is InChI=1S/C12H19N3O3/c1-9(8-16)4-3-5-13-12-6-11(15(17)18)10(2)7-14-12/h6-7,9,16H,3-5,8H2,1-2H3,(H,13,14).